The molecule has 0 fully saturated rings. The molecule has 0 bridgehead atoms. The number of benzene rings is 1. The summed E-state index contributed by atoms with van der Waals surface area (Å²) in [6.45, 7) is 2.69. The molecule has 3 rings (SSSR count). The number of esters is 1. The molecule has 1 aromatic carbocycles. The third-order valence-electron chi connectivity index (χ3n) is 3.28. The molecule has 0 radical (unpaired) electrons. The first-order chi connectivity index (χ1) is 11.2. The molecule has 0 saturated heterocycles. The maximum atomic E-state index is 12.4. The van der Waals surface area contributed by atoms with E-state index in [9.17, 15) is 4.79 Å². The van der Waals surface area contributed by atoms with E-state index < -0.39 is 5.97 Å². The lowest BCUT2D eigenvalue weighted by Gasteiger charge is -2.08. The van der Waals surface area contributed by atoms with Crippen molar-refractivity contribution in [1.82, 2.24) is 25.2 Å². The van der Waals surface area contributed by atoms with Gasteiger partial charge in [-0.3, -0.25) is 0 Å². The number of aromatic nitrogens is 5. The Balaban J connectivity index is 1.82. The number of para-hydroxylation sites is 1. The van der Waals surface area contributed by atoms with Gasteiger partial charge < -0.3 is 4.74 Å². The van der Waals surface area contributed by atoms with E-state index in [4.69, 9.17) is 16.3 Å². The summed E-state index contributed by atoms with van der Waals surface area (Å²) in [6, 6.07) is 8.76. The molecule has 2 heterocycles. The van der Waals surface area contributed by atoms with Gasteiger partial charge in [-0.2, -0.15) is 0 Å². The van der Waals surface area contributed by atoms with Crippen molar-refractivity contribution in [2.24, 2.45) is 0 Å². The van der Waals surface area contributed by atoms with E-state index in [1.54, 1.807) is 16.8 Å². The van der Waals surface area contributed by atoms with Gasteiger partial charge in [-0.25, -0.2) is 14.5 Å². The third-order valence-corrected chi connectivity index (χ3v) is 3.47. The van der Waals surface area contributed by atoms with Crippen LogP contribution >= 0.6 is 11.6 Å². The molecule has 0 aliphatic heterocycles. The summed E-state index contributed by atoms with van der Waals surface area (Å²) in [7, 11) is 0. The number of hydrogen-bond donors (Lipinski definition) is 0. The molecule has 23 heavy (non-hydrogen) atoms. The molecule has 0 aliphatic rings. The minimum atomic E-state index is -0.489. The van der Waals surface area contributed by atoms with Crippen LogP contribution in [0.5, 0.6) is 0 Å². The van der Waals surface area contributed by atoms with Gasteiger partial charge in [0, 0.05) is 11.9 Å². The Labute approximate surface area is 137 Å². The highest BCUT2D eigenvalue weighted by molar-refractivity contribution is 6.30. The summed E-state index contributed by atoms with van der Waals surface area (Å²) in [4.78, 5) is 16.6. The van der Waals surface area contributed by atoms with E-state index in [2.05, 4.69) is 20.5 Å². The van der Waals surface area contributed by atoms with Crippen LogP contribution in [0.4, 0.5) is 0 Å². The molecule has 0 spiro atoms. The fourth-order valence-corrected chi connectivity index (χ4v) is 2.43. The number of ether oxygens (including phenoxy) is 1. The number of hydrogen-bond acceptors (Lipinski definition) is 6. The summed E-state index contributed by atoms with van der Waals surface area (Å²) >= 11 is 5.98. The summed E-state index contributed by atoms with van der Waals surface area (Å²) in [5.41, 5.74) is 1.01. The average Bonchev–Trinajstić information content (AvgIpc) is 2.99. The minimum Gasteiger partial charge on any atom is -0.454 e. The molecular formula is C15H14ClN5O2. The van der Waals surface area contributed by atoms with Crippen molar-refractivity contribution >= 4 is 28.5 Å². The van der Waals surface area contributed by atoms with Crippen molar-refractivity contribution < 1.29 is 9.53 Å². The fourth-order valence-electron chi connectivity index (χ4n) is 2.23. The van der Waals surface area contributed by atoms with Crippen LogP contribution in [0.3, 0.4) is 0 Å². The van der Waals surface area contributed by atoms with E-state index in [0.29, 0.717) is 28.8 Å². The highest BCUT2D eigenvalue weighted by Gasteiger charge is 2.15. The standard InChI is InChI=1S/C15H14ClN5O2/c1-2-7-21-14(18-19-20-21)9-23-15(22)11-8-13(16)17-12-6-4-3-5-10(11)12/h3-6,8H,2,7,9H2,1H3. The number of carbonyl (C=O) groups excluding carboxylic acids is 1. The highest BCUT2D eigenvalue weighted by Crippen LogP contribution is 2.21. The van der Waals surface area contributed by atoms with Crippen LogP contribution in [0.1, 0.15) is 29.5 Å². The number of halogens is 1. The van der Waals surface area contributed by atoms with Crippen molar-refractivity contribution in [3.05, 3.63) is 46.9 Å². The largest absolute Gasteiger partial charge is 0.454 e. The first kappa shape index (κ1) is 15.4. The van der Waals surface area contributed by atoms with Crippen molar-refractivity contribution in [3.63, 3.8) is 0 Å². The van der Waals surface area contributed by atoms with Crippen molar-refractivity contribution in [3.8, 4) is 0 Å². The van der Waals surface area contributed by atoms with Gasteiger partial charge in [0.15, 0.2) is 12.4 Å². The predicted octanol–water partition coefficient (Wildman–Crippen LogP) is 2.64. The Morgan fingerprint density at radius 1 is 1.35 bits per heavy atom. The maximum absolute atomic E-state index is 12.4. The van der Waals surface area contributed by atoms with Gasteiger partial charge in [-0.1, -0.05) is 36.7 Å². The molecule has 2 aromatic heterocycles. The topological polar surface area (TPSA) is 82.8 Å². The smallest absolute Gasteiger partial charge is 0.339 e. The Hall–Kier alpha value is -2.54. The van der Waals surface area contributed by atoms with Gasteiger partial charge >= 0.3 is 5.97 Å². The van der Waals surface area contributed by atoms with Crippen LogP contribution in [-0.2, 0) is 17.9 Å². The Morgan fingerprint density at radius 2 is 2.17 bits per heavy atom. The number of pyridine rings is 1. The fraction of sp³-hybridized carbons (Fsp3) is 0.267. The summed E-state index contributed by atoms with van der Waals surface area (Å²) < 4.78 is 6.95. The molecule has 0 atom stereocenters. The second-order valence-electron chi connectivity index (χ2n) is 4.90. The molecule has 7 nitrogen and oxygen atoms in total. The Bertz CT molecular complexity index is 849. The molecule has 0 saturated carbocycles. The number of rotatable bonds is 5. The lowest BCUT2D eigenvalue weighted by atomic mass is 10.1. The second kappa shape index (κ2) is 6.70. The second-order valence-corrected chi connectivity index (χ2v) is 5.29. The van der Waals surface area contributed by atoms with Gasteiger partial charge in [-0.15, -0.1) is 5.10 Å². The molecule has 3 aromatic rings. The van der Waals surface area contributed by atoms with Crippen LogP contribution in [0.15, 0.2) is 30.3 Å². The molecule has 8 heteroatoms. The summed E-state index contributed by atoms with van der Waals surface area (Å²) in [5.74, 6) is 0.0150. The summed E-state index contributed by atoms with van der Waals surface area (Å²) in [5, 5.41) is 12.2. The lowest BCUT2D eigenvalue weighted by Crippen LogP contribution is -2.11. The van der Waals surface area contributed by atoms with E-state index in [1.165, 1.54) is 6.07 Å². The number of carbonyl (C=O) groups is 1. The quantitative estimate of drug-likeness (QED) is 0.528. The normalized spacial score (nSPS) is 10.9. The molecule has 0 N–H and O–H groups in total. The third kappa shape index (κ3) is 3.29. The van der Waals surface area contributed by atoms with Crippen LogP contribution in [0.25, 0.3) is 10.9 Å². The molecular weight excluding hydrogens is 318 g/mol. The van der Waals surface area contributed by atoms with Gasteiger partial charge in [0.25, 0.3) is 0 Å². The van der Waals surface area contributed by atoms with Crippen LogP contribution < -0.4 is 0 Å². The molecule has 118 valence electrons. The SMILES string of the molecule is CCCn1nnnc1COC(=O)c1cc(Cl)nc2ccccc12. The zero-order valence-corrected chi connectivity index (χ0v) is 13.2. The highest BCUT2D eigenvalue weighted by atomic mass is 35.5. The predicted molar refractivity (Wildman–Crippen MR) is 84.0 cm³/mol. The zero-order chi connectivity index (χ0) is 16.2. The first-order valence-electron chi connectivity index (χ1n) is 7.16. The van der Waals surface area contributed by atoms with E-state index in [1.807, 2.05) is 19.1 Å². The average molecular weight is 332 g/mol. The lowest BCUT2D eigenvalue weighted by molar-refractivity contribution is 0.0458. The van der Waals surface area contributed by atoms with Gasteiger partial charge in [-0.05, 0) is 29.0 Å². The van der Waals surface area contributed by atoms with Gasteiger partial charge in [0.1, 0.15) is 5.15 Å². The maximum Gasteiger partial charge on any atom is 0.339 e. The van der Waals surface area contributed by atoms with Crippen molar-refractivity contribution in [2.45, 2.75) is 26.5 Å². The Morgan fingerprint density at radius 3 is 3.00 bits per heavy atom. The number of tetrazole rings is 1. The number of fused-ring (bicyclic) bond motifs is 1. The van der Waals surface area contributed by atoms with Crippen molar-refractivity contribution in [2.75, 3.05) is 0 Å². The molecule has 0 aliphatic carbocycles. The van der Waals surface area contributed by atoms with Crippen LogP contribution in [0, 0.1) is 0 Å². The van der Waals surface area contributed by atoms with E-state index in [-0.39, 0.29) is 11.8 Å². The monoisotopic (exact) mass is 331 g/mol. The Kier molecular flexibility index (Phi) is 4.47. The van der Waals surface area contributed by atoms with E-state index >= 15 is 0 Å². The van der Waals surface area contributed by atoms with Gasteiger partial charge in [0.05, 0.1) is 11.1 Å². The first-order valence-corrected chi connectivity index (χ1v) is 7.54. The molecule has 0 unspecified atom stereocenters. The zero-order valence-electron chi connectivity index (χ0n) is 12.4. The van der Waals surface area contributed by atoms with Crippen LogP contribution in [0.2, 0.25) is 5.15 Å². The number of aryl methyl sites for hydroxylation is 1. The molecule has 0 amide bonds. The number of nitrogens with zero attached hydrogens (tertiary/aromatic N) is 5. The minimum absolute atomic E-state index is 0.000101. The van der Waals surface area contributed by atoms with Crippen LogP contribution in [-0.4, -0.2) is 31.2 Å². The summed E-state index contributed by atoms with van der Waals surface area (Å²) in [6.07, 6.45) is 0.886. The van der Waals surface area contributed by atoms with Crippen molar-refractivity contribution in [1.29, 1.82) is 0 Å². The van der Waals surface area contributed by atoms with Gasteiger partial charge in [0.2, 0.25) is 0 Å². The van der Waals surface area contributed by atoms with E-state index in [0.717, 1.165) is 6.42 Å².